The van der Waals surface area contributed by atoms with E-state index in [0.29, 0.717) is 17.1 Å². The first-order valence-corrected chi connectivity index (χ1v) is 17.1. The van der Waals surface area contributed by atoms with Crippen LogP contribution in [0.4, 0.5) is 0 Å². The maximum atomic E-state index is 13.6. The van der Waals surface area contributed by atoms with Crippen LogP contribution in [-0.4, -0.2) is 44.4 Å². The van der Waals surface area contributed by atoms with Crippen LogP contribution < -0.4 is 0 Å². The van der Waals surface area contributed by atoms with Crippen LogP contribution in [0.2, 0.25) is 23.2 Å². The average molecular weight is 473 g/mol. The first kappa shape index (κ1) is 27.0. The monoisotopic (exact) mass is 472 g/mol. The Morgan fingerprint density at radius 2 is 1.32 bits per heavy atom. The Labute approximate surface area is 193 Å². The molecule has 0 amide bonds. The summed E-state index contributed by atoms with van der Waals surface area (Å²) in [6.45, 7) is 4.23. The Kier molecular flexibility index (Phi) is 11.8. The summed E-state index contributed by atoms with van der Waals surface area (Å²) in [4.78, 5) is 13.6. The molecule has 182 valence electrons. The number of carbonyl (C=O) groups excluding carboxylic acids is 1. The third-order valence-corrected chi connectivity index (χ3v) is 16.6. The second kappa shape index (κ2) is 13.5. The van der Waals surface area contributed by atoms with Crippen molar-refractivity contribution in [2.45, 2.75) is 120 Å². The predicted octanol–water partition coefficient (Wildman–Crippen LogP) is 6.85. The molecule has 2 aliphatic carbocycles. The molecule has 0 aliphatic heterocycles. The zero-order valence-electron chi connectivity index (χ0n) is 20.9. The van der Waals surface area contributed by atoms with Crippen molar-refractivity contribution in [3.8, 4) is 0 Å². The van der Waals surface area contributed by atoms with Crippen molar-refractivity contribution in [2.75, 3.05) is 21.3 Å². The van der Waals surface area contributed by atoms with E-state index in [-0.39, 0.29) is 11.9 Å². The quantitative estimate of drug-likeness (QED) is 0.217. The summed E-state index contributed by atoms with van der Waals surface area (Å²) < 4.78 is 23.7. The fraction of sp³-hybridized carbons (Fsp3) is 0.958. The van der Waals surface area contributed by atoms with Crippen molar-refractivity contribution in [2.24, 2.45) is 5.92 Å². The van der Waals surface area contributed by atoms with Crippen LogP contribution >= 0.6 is 0 Å². The van der Waals surface area contributed by atoms with Gasteiger partial charge in [0.2, 0.25) is 0 Å². The van der Waals surface area contributed by atoms with Crippen LogP contribution in [0.15, 0.2) is 0 Å². The minimum Gasteiger partial charge on any atom is -0.518 e. The van der Waals surface area contributed by atoms with Crippen LogP contribution in [0.25, 0.3) is 0 Å². The topological polar surface area (TPSA) is 54.0 Å². The van der Waals surface area contributed by atoms with Crippen molar-refractivity contribution in [3.05, 3.63) is 0 Å². The molecular weight excluding hydrogens is 424 g/mol. The highest BCUT2D eigenvalue weighted by molar-refractivity contribution is 6.78. The summed E-state index contributed by atoms with van der Waals surface area (Å²) >= 11 is 0. The molecule has 7 heteroatoms. The second-order valence-corrected chi connectivity index (χ2v) is 17.1. The Bertz CT molecular complexity index is 488. The first-order chi connectivity index (χ1) is 15.0. The smallest absolute Gasteiger partial charge is 0.501 e. The number of rotatable bonds is 13. The SMILES string of the molecule is CCCCC[Si](OC(=O)C(C)C[Si](OC)(OC)OC)(C1CCCCC1)C1CCCCC1. The van der Waals surface area contributed by atoms with Crippen molar-refractivity contribution >= 4 is 23.1 Å². The van der Waals surface area contributed by atoms with Gasteiger partial charge in [-0.15, -0.1) is 0 Å². The summed E-state index contributed by atoms with van der Waals surface area (Å²) in [5.74, 6) is -0.293. The summed E-state index contributed by atoms with van der Waals surface area (Å²) in [6, 6.07) is 1.64. The van der Waals surface area contributed by atoms with Crippen molar-refractivity contribution in [3.63, 3.8) is 0 Å². The van der Waals surface area contributed by atoms with Gasteiger partial charge in [0, 0.05) is 27.4 Å². The molecule has 0 bridgehead atoms. The first-order valence-electron chi connectivity index (χ1n) is 12.8. The summed E-state index contributed by atoms with van der Waals surface area (Å²) in [5, 5.41) is 0. The van der Waals surface area contributed by atoms with Gasteiger partial charge in [-0.2, -0.15) is 0 Å². The second-order valence-electron chi connectivity index (χ2n) is 9.90. The van der Waals surface area contributed by atoms with Crippen LogP contribution in [0.3, 0.4) is 0 Å². The van der Waals surface area contributed by atoms with Crippen molar-refractivity contribution in [1.82, 2.24) is 0 Å². The van der Waals surface area contributed by atoms with Gasteiger partial charge in [-0.1, -0.05) is 71.6 Å². The van der Waals surface area contributed by atoms with Crippen LogP contribution in [0.5, 0.6) is 0 Å². The average Bonchev–Trinajstić information content (AvgIpc) is 2.83. The third kappa shape index (κ3) is 7.13. The highest BCUT2D eigenvalue weighted by atomic mass is 28.4. The summed E-state index contributed by atoms with van der Waals surface area (Å²) in [6.07, 6.45) is 16.6. The highest BCUT2D eigenvalue weighted by Crippen LogP contribution is 2.51. The lowest BCUT2D eigenvalue weighted by atomic mass is 9.99. The lowest BCUT2D eigenvalue weighted by Gasteiger charge is -2.46. The molecule has 5 nitrogen and oxygen atoms in total. The normalized spacial score (nSPS) is 20.5. The van der Waals surface area contributed by atoms with Gasteiger partial charge >= 0.3 is 8.80 Å². The van der Waals surface area contributed by atoms with E-state index in [0.717, 1.165) is 6.04 Å². The summed E-state index contributed by atoms with van der Waals surface area (Å²) in [7, 11) is -0.185. The molecule has 1 unspecified atom stereocenters. The standard InChI is InChI=1S/C24H48O5Si2/c1-6-7-14-19-30(22-15-10-8-11-16-22,23-17-12-9-13-18-23)29-24(25)21(2)20-31(26-3,27-4)28-5/h21-23H,6-20H2,1-5H3. The Hall–Kier alpha value is -0.216. The fourth-order valence-electron chi connectivity index (χ4n) is 6.04. The molecule has 0 radical (unpaired) electrons. The molecule has 31 heavy (non-hydrogen) atoms. The highest BCUT2D eigenvalue weighted by Gasteiger charge is 2.53. The van der Waals surface area contributed by atoms with Gasteiger partial charge in [-0.3, -0.25) is 4.79 Å². The Morgan fingerprint density at radius 3 is 1.74 bits per heavy atom. The molecular formula is C24H48O5Si2. The number of carbonyl (C=O) groups is 1. The van der Waals surface area contributed by atoms with Gasteiger partial charge in [0.1, 0.15) is 0 Å². The number of hydrogen-bond donors (Lipinski definition) is 0. The van der Waals surface area contributed by atoms with Gasteiger partial charge in [-0.25, -0.2) is 0 Å². The third-order valence-electron chi connectivity index (χ3n) is 7.95. The van der Waals surface area contributed by atoms with E-state index < -0.39 is 17.1 Å². The number of hydrogen-bond acceptors (Lipinski definition) is 5. The molecule has 0 heterocycles. The van der Waals surface area contributed by atoms with E-state index in [9.17, 15) is 4.79 Å². The van der Waals surface area contributed by atoms with Gasteiger partial charge in [-0.05, 0) is 42.8 Å². The lowest BCUT2D eigenvalue weighted by molar-refractivity contribution is -0.139. The van der Waals surface area contributed by atoms with Crippen LogP contribution in [0, 0.1) is 5.92 Å². The molecule has 2 rings (SSSR count). The molecule has 1 atom stereocenters. The van der Waals surface area contributed by atoms with Crippen molar-refractivity contribution in [1.29, 1.82) is 0 Å². The Balaban J connectivity index is 2.27. The minimum atomic E-state index is -2.81. The Morgan fingerprint density at radius 1 is 0.839 bits per heavy atom. The van der Waals surface area contributed by atoms with E-state index in [1.807, 2.05) is 6.92 Å². The van der Waals surface area contributed by atoms with Crippen LogP contribution in [0.1, 0.15) is 97.3 Å². The molecule has 0 N–H and O–H groups in total. The molecule has 2 aliphatic rings. The molecule has 0 aromatic rings. The van der Waals surface area contributed by atoms with Gasteiger partial charge in [0.05, 0.1) is 5.92 Å². The van der Waals surface area contributed by atoms with E-state index >= 15 is 0 Å². The number of unbranched alkanes of at least 4 members (excludes halogenated alkanes) is 2. The van der Waals surface area contributed by atoms with Gasteiger partial charge < -0.3 is 17.7 Å². The molecule has 0 aromatic carbocycles. The van der Waals surface area contributed by atoms with Crippen molar-refractivity contribution < 1.29 is 22.5 Å². The van der Waals surface area contributed by atoms with Gasteiger partial charge in [0.25, 0.3) is 14.3 Å². The fourth-order valence-corrected chi connectivity index (χ4v) is 14.0. The predicted molar refractivity (Wildman–Crippen MR) is 131 cm³/mol. The maximum absolute atomic E-state index is 13.6. The molecule has 0 aromatic heterocycles. The lowest BCUT2D eigenvalue weighted by Crippen LogP contribution is -2.52. The van der Waals surface area contributed by atoms with E-state index in [4.69, 9.17) is 17.7 Å². The van der Waals surface area contributed by atoms with E-state index in [1.54, 1.807) is 21.3 Å². The summed E-state index contributed by atoms with van der Waals surface area (Å²) in [5.41, 5.74) is 1.29. The molecule has 2 fully saturated rings. The zero-order chi connectivity index (χ0) is 22.7. The zero-order valence-corrected chi connectivity index (χ0v) is 22.9. The molecule has 0 spiro atoms. The van der Waals surface area contributed by atoms with E-state index in [2.05, 4.69) is 6.92 Å². The van der Waals surface area contributed by atoms with Crippen LogP contribution in [-0.2, 0) is 22.5 Å². The molecule has 0 saturated heterocycles. The largest absolute Gasteiger partial charge is 0.518 e. The van der Waals surface area contributed by atoms with Gasteiger partial charge in [0.15, 0.2) is 0 Å². The maximum Gasteiger partial charge on any atom is 0.501 e. The van der Waals surface area contributed by atoms with E-state index in [1.165, 1.54) is 83.5 Å². The minimum absolute atomic E-state index is 0.0256. The molecule has 2 saturated carbocycles.